The topological polar surface area (TPSA) is 68.1 Å². The molecule has 0 atom stereocenters. The number of aliphatic carboxylic acids is 1. The molecule has 0 radical (unpaired) electrons. The van der Waals surface area contributed by atoms with E-state index in [9.17, 15) is 4.79 Å². The van der Waals surface area contributed by atoms with Gasteiger partial charge < -0.3 is 5.11 Å². The zero-order valence-electron chi connectivity index (χ0n) is 4.27. The Morgan fingerprint density at radius 2 is 2.56 bits per heavy atom. The molecule has 0 amide bonds. The average Bonchev–Trinajstić information content (AvgIpc) is 1.90. The van der Waals surface area contributed by atoms with Crippen LogP contribution in [-0.2, 0) is 14.7 Å². The first kappa shape index (κ1) is 5.61. The third-order valence-electron chi connectivity index (χ3n) is 0.668. The van der Waals surface area contributed by atoms with Gasteiger partial charge in [0.05, 0.1) is 6.21 Å². The fourth-order valence-corrected chi connectivity index (χ4v) is 0.319. The molecule has 0 spiro atoms. The van der Waals surface area contributed by atoms with Crippen molar-refractivity contribution in [2.24, 2.45) is 5.16 Å². The van der Waals surface area contributed by atoms with Gasteiger partial charge in [-0.2, -0.15) is 4.99 Å². The number of oxime groups is 1. The summed E-state index contributed by atoms with van der Waals surface area (Å²) < 4.78 is 0. The van der Waals surface area contributed by atoms with E-state index in [2.05, 4.69) is 15.0 Å². The highest BCUT2D eigenvalue weighted by atomic mass is 17.3. The van der Waals surface area contributed by atoms with Crippen LogP contribution in [0.5, 0.6) is 0 Å². The molecule has 0 aromatic heterocycles. The minimum absolute atomic E-state index is 0.273. The van der Waals surface area contributed by atoms with E-state index < -0.39 is 5.97 Å². The molecule has 0 saturated carbocycles. The fourth-order valence-electron chi connectivity index (χ4n) is 0.319. The molecule has 0 aromatic carbocycles. The van der Waals surface area contributed by atoms with E-state index in [1.54, 1.807) is 0 Å². The molecule has 0 bridgehead atoms. The quantitative estimate of drug-likeness (QED) is 0.502. The zero-order valence-corrected chi connectivity index (χ0v) is 4.27. The summed E-state index contributed by atoms with van der Waals surface area (Å²) in [6, 6.07) is 0. The first-order valence-electron chi connectivity index (χ1n) is 2.11. The molecule has 1 aliphatic heterocycles. The maximum atomic E-state index is 10.0. The lowest BCUT2D eigenvalue weighted by Crippen LogP contribution is -2.06. The third-order valence-corrected chi connectivity index (χ3v) is 0.668. The van der Waals surface area contributed by atoms with Crippen molar-refractivity contribution >= 4 is 12.2 Å². The second-order valence-electron chi connectivity index (χ2n) is 1.25. The van der Waals surface area contributed by atoms with Crippen molar-refractivity contribution in [1.82, 2.24) is 0 Å². The van der Waals surface area contributed by atoms with Gasteiger partial charge in [-0.05, 0) is 5.16 Å². The third kappa shape index (κ3) is 1.18. The Bertz CT molecular complexity index is 183. The summed E-state index contributed by atoms with van der Waals surface area (Å²) in [5.74, 6) is -1.45. The van der Waals surface area contributed by atoms with Crippen LogP contribution in [0.25, 0.3) is 0 Å². The summed E-state index contributed by atoms with van der Waals surface area (Å²) in [5, 5.41) is 11.3. The molecule has 1 aliphatic rings. The summed E-state index contributed by atoms with van der Waals surface area (Å²) in [5.41, 5.74) is 0. The van der Waals surface area contributed by atoms with Gasteiger partial charge in [0.1, 0.15) is 0 Å². The minimum Gasteiger partial charge on any atom is -0.475 e. The standard InChI is InChI=1S/C4H3NO4/c6-4(7)3-1-2-5-9-8-3/h1-2H,(H,6,7). The first-order valence-corrected chi connectivity index (χ1v) is 2.11. The van der Waals surface area contributed by atoms with Crippen LogP contribution in [0, 0.1) is 0 Å². The summed E-state index contributed by atoms with van der Waals surface area (Å²) >= 11 is 0. The Kier molecular flexibility index (Phi) is 1.35. The lowest BCUT2D eigenvalue weighted by molar-refractivity contribution is -0.266. The van der Waals surface area contributed by atoms with Crippen LogP contribution in [0.15, 0.2) is 17.0 Å². The first-order chi connectivity index (χ1) is 4.30. The van der Waals surface area contributed by atoms with Gasteiger partial charge in [0.2, 0.25) is 0 Å². The van der Waals surface area contributed by atoms with E-state index in [4.69, 9.17) is 5.11 Å². The molecule has 0 aromatic rings. The Labute approximate surface area is 50.1 Å². The summed E-state index contributed by atoms with van der Waals surface area (Å²) in [6.45, 7) is 0. The maximum absolute atomic E-state index is 10.0. The number of hydrogen-bond acceptors (Lipinski definition) is 4. The van der Waals surface area contributed by atoms with Crippen LogP contribution in [0.3, 0.4) is 0 Å². The molecular formula is C4H3NO4. The number of carboxylic acid groups (broad SMARTS) is 1. The summed E-state index contributed by atoms with van der Waals surface area (Å²) in [6.07, 6.45) is 2.37. The van der Waals surface area contributed by atoms with Gasteiger partial charge in [-0.25, -0.2) is 4.79 Å². The largest absolute Gasteiger partial charge is 0.475 e. The van der Waals surface area contributed by atoms with Crippen molar-refractivity contribution in [2.75, 3.05) is 0 Å². The van der Waals surface area contributed by atoms with Crippen LogP contribution in [0.2, 0.25) is 0 Å². The summed E-state index contributed by atoms with van der Waals surface area (Å²) in [7, 11) is 0. The van der Waals surface area contributed by atoms with Crippen LogP contribution in [-0.4, -0.2) is 17.3 Å². The van der Waals surface area contributed by atoms with Crippen LogP contribution >= 0.6 is 0 Å². The molecule has 0 fully saturated rings. The minimum atomic E-state index is -1.18. The SMILES string of the molecule is O=C(O)C1=CC=NOO1. The van der Waals surface area contributed by atoms with Crippen molar-refractivity contribution in [3.63, 3.8) is 0 Å². The average molecular weight is 129 g/mol. The highest BCUT2D eigenvalue weighted by Crippen LogP contribution is 2.00. The number of carbonyl (C=O) groups is 1. The van der Waals surface area contributed by atoms with Gasteiger partial charge >= 0.3 is 5.97 Å². The lowest BCUT2D eigenvalue weighted by atomic mass is 10.5. The molecule has 1 rings (SSSR count). The normalized spacial score (nSPS) is 15.3. The number of nitrogens with zero attached hydrogens (tertiary/aromatic N) is 1. The monoisotopic (exact) mass is 129 g/mol. The van der Waals surface area contributed by atoms with E-state index in [1.165, 1.54) is 12.3 Å². The van der Waals surface area contributed by atoms with E-state index in [0.717, 1.165) is 0 Å². The van der Waals surface area contributed by atoms with E-state index in [1.807, 2.05) is 0 Å². The van der Waals surface area contributed by atoms with Gasteiger partial charge in [0.15, 0.2) is 0 Å². The van der Waals surface area contributed by atoms with Crippen LogP contribution < -0.4 is 0 Å². The number of carboxylic acids is 1. The van der Waals surface area contributed by atoms with Gasteiger partial charge in [0.25, 0.3) is 5.76 Å². The second-order valence-corrected chi connectivity index (χ2v) is 1.25. The van der Waals surface area contributed by atoms with E-state index in [0.29, 0.717) is 0 Å². The number of allylic oxidation sites excluding steroid dienone is 1. The Balaban J connectivity index is 2.68. The van der Waals surface area contributed by atoms with Crippen LogP contribution in [0.4, 0.5) is 0 Å². The number of rotatable bonds is 1. The second kappa shape index (κ2) is 2.17. The molecule has 5 heteroatoms. The van der Waals surface area contributed by atoms with Crippen molar-refractivity contribution in [3.8, 4) is 0 Å². The highest BCUT2D eigenvalue weighted by Gasteiger charge is 2.11. The molecule has 0 unspecified atom stereocenters. The molecule has 0 aliphatic carbocycles. The van der Waals surface area contributed by atoms with Gasteiger partial charge in [-0.15, -0.1) is 0 Å². The van der Waals surface area contributed by atoms with Gasteiger partial charge in [-0.1, -0.05) is 0 Å². The number of hydrogen-bond donors (Lipinski definition) is 1. The predicted molar refractivity (Wildman–Crippen MR) is 26.4 cm³/mol. The lowest BCUT2D eigenvalue weighted by Gasteiger charge is -2.01. The summed E-state index contributed by atoms with van der Waals surface area (Å²) in [4.78, 5) is 18.1. The van der Waals surface area contributed by atoms with Gasteiger partial charge in [-0.3, -0.25) is 4.89 Å². The Morgan fingerprint density at radius 1 is 1.78 bits per heavy atom. The van der Waals surface area contributed by atoms with Crippen LogP contribution in [0.1, 0.15) is 0 Å². The van der Waals surface area contributed by atoms with E-state index >= 15 is 0 Å². The Hall–Kier alpha value is -1.52. The molecular weight excluding hydrogens is 126 g/mol. The highest BCUT2D eigenvalue weighted by molar-refractivity contribution is 5.90. The Morgan fingerprint density at radius 3 is 2.89 bits per heavy atom. The molecule has 9 heavy (non-hydrogen) atoms. The molecule has 5 nitrogen and oxygen atoms in total. The molecule has 0 saturated heterocycles. The van der Waals surface area contributed by atoms with E-state index in [-0.39, 0.29) is 5.76 Å². The van der Waals surface area contributed by atoms with Crippen molar-refractivity contribution in [1.29, 1.82) is 0 Å². The van der Waals surface area contributed by atoms with Gasteiger partial charge in [0, 0.05) is 6.08 Å². The fraction of sp³-hybridized carbons (Fsp3) is 0. The maximum Gasteiger partial charge on any atom is 0.376 e. The molecule has 1 N–H and O–H groups in total. The molecule has 48 valence electrons. The van der Waals surface area contributed by atoms with Crippen molar-refractivity contribution in [3.05, 3.63) is 11.8 Å². The smallest absolute Gasteiger partial charge is 0.376 e. The predicted octanol–water partition coefficient (Wildman–Crippen LogP) is -0.0975. The van der Waals surface area contributed by atoms with Crippen molar-refractivity contribution in [2.45, 2.75) is 0 Å². The molecule has 1 heterocycles. The zero-order chi connectivity index (χ0) is 6.69. The van der Waals surface area contributed by atoms with Crippen molar-refractivity contribution < 1.29 is 19.8 Å².